The van der Waals surface area contributed by atoms with Crippen molar-refractivity contribution in [1.29, 1.82) is 0 Å². The predicted molar refractivity (Wildman–Crippen MR) is 157 cm³/mol. The zero-order chi connectivity index (χ0) is 29.5. The first-order valence-corrected chi connectivity index (χ1v) is 15.3. The molecule has 1 aliphatic heterocycles. The first kappa shape index (κ1) is 30.1. The topological polar surface area (TPSA) is 94.4 Å². The van der Waals surface area contributed by atoms with Crippen molar-refractivity contribution in [2.75, 3.05) is 37.8 Å². The van der Waals surface area contributed by atoms with Gasteiger partial charge in [-0.3, -0.25) is 4.57 Å². The summed E-state index contributed by atoms with van der Waals surface area (Å²) in [6, 6.07) is 7.54. The van der Waals surface area contributed by atoms with Crippen LogP contribution in [0.3, 0.4) is 0 Å². The Morgan fingerprint density at radius 2 is 1.88 bits per heavy atom. The third kappa shape index (κ3) is 7.53. The molecule has 1 saturated heterocycles. The van der Waals surface area contributed by atoms with E-state index in [9.17, 15) is 13.6 Å². The average molecular weight is 585 g/mol. The third-order valence-electron chi connectivity index (χ3n) is 8.25. The lowest BCUT2D eigenvalue weighted by Gasteiger charge is -2.29. The zero-order valence-corrected chi connectivity index (χ0v) is 24.7. The number of hydrogen-bond donors (Lipinski definition) is 1. The van der Waals surface area contributed by atoms with E-state index in [1.165, 1.54) is 4.57 Å². The van der Waals surface area contributed by atoms with Gasteiger partial charge in [0.25, 0.3) is 6.43 Å². The quantitative estimate of drug-likeness (QED) is 0.264. The number of imidazole rings is 1. The lowest BCUT2D eigenvalue weighted by molar-refractivity contribution is 0.122. The number of anilines is 1. The Kier molecular flexibility index (Phi) is 10.2. The molecule has 3 aromatic rings. The number of alkyl halides is 2. The third-order valence-corrected chi connectivity index (χ3v) is 8.25. The Morgan fingerprint density at radius 3 is 2.62 bits per heavy atom. The number of nitrogens with one attached hydrogen (secondary N) is 1. The normalized spacial score (nSPS) is 19.4. The van der Waals surface area contributed by atoms with Crippen molar-refractivity contribution in [2.45, 2.75) is 84.1 Å². The second-order valence-electron chi connectivity index (χ2n) is 11.5. The van der Waals surface area contributed by atoms with Gasteiger partial charge in [-0.15, -0.1) is 0 Å². The fourth-order valence-corrected chi connectivity index (χ4v) is 5.89. The van der Waals surface area contributed by atoms with Gasteiger partial charge < -0.3 is 19.7 Å². The molecule has 0 bridgehead atoms. The van der Waals surface area contributed by atoms with Crippen molar-refractivity contribution < 1.29 is 23.0 Å². The second kappa shape index (κ2) is 14.2. The molecule has 42 heavy (non-hydrogen) atoms. The van der Waals surface area contributed by atoms with E-state index in [-0.39, 0.29) is 18.0 Å². The summed E-state index contributed by atoms with van der Waals surface area (Å²) in [5, 5.41) is 3.01. The largest absolute Gasteiger partial charge is 0.450 e. The molecule has 2 fully saturated rings. The van der Waals surface area contributed by atoms with Crippen LogP contribution in [0.1, 0.15) is 81.8 Å². The molecular formula is C31H42F2N6O3. The van der Waals surface area contributed by atoms with Crippen molar-refractivity contribution in [3.8, 4) is 5.82 Å². The smallest absolute Gasteiger partial charge is 0.407 e. The van der Waals surface area contributed by atoms with Crippen LogP contribution in [-0.4, -0.2) is 64.6 Å². The molecule has 5 rings (SSSR count). The number of carbonyl (C=O) groups is 1. The van der Waals surface area contributed by atoms with Gasteiger partial charge in [0.2, 0.25) is 5.95 Å². The minimum atomic E-state index is -2.74. The number of halogens is 2. The predicted octanol–water partition coefficient (Wildman–Crippen LogP) is 6.31. The number of benzene rings is 1. The number of alkyl carbamates (subject to hydrolysis) is 1. The van der Waals surface area contributed by atoms with Gasteiger partial charge in [0, 0.05) is 30.9 Å². The van der Waals surface area contributed by atoms with E-state index < -0.39 is 6.43 Å². The Balaban J connectivity index is 1.28. The number of aryl methyl sites for hydroxylation is 2. The molecule has 9 nitrogen and oxygen atoms in total. The number of amides is 1. The Labute approximate surface area is 246 Å². The van der Waals surface area contributed by atoms with Crippen LogP contribution in [0.25, 0.3) is 16.9 Å². The van der Waals surface area contributed by atoms with E-state index in [0.717, 1.165) is 69.0 Å². The monoisotopic (exact) mass is 584 g/mol. The molecule has 1 aliphatic carbocycles. The van der Waals surface area contributed by atoms with E-state index in [1.807, 2.05) is 25.1 Å². The standard InChI is InChI=1S/C31H42F2N6O3/c1-3-4-16-42-31(40)35-23-11-9-22(10-12-23)6-5-7-24-20-27(37-30(34-24)38-14-17-41-18-15-38)39-26-19-21(2)8-13-25(26)36-29(39)28(32)33/h8,13,19-20,22-23,28H,3-7,9-12,14-18H2,1-2H3,(H,35,40)/t22-,23-. The van der Waals surface area contributed by atoms with Crippen LogP contribution in [0, 0.1) is 12.8 Å². The lowest BCUT2D eigenvalue weighted by atomic mass is 9.83. The Bertz CT molecular complexity index is 1340. The second-order valence-corrected chi connectivity index (χ2v) is 11.5. The van der Waals surface area contributed by atoms with Gasteiger partial charge in [0.05, 0.1) is 30.9 Å². The van der Waals surface area contributed by atoms with Gasteiger partial charge in [-0.2, -0.15) is 4.98 Å². The summed E-state index contributed by atoms with van der Waals surface area (Å²) in [5.74, 6) is 1.23. The van der Waals surface area contributed by atoms with Crippen LogP contribution in [-0.2, 0) is 15.9 Å². The summed E-state index contributed by atoms with van der Waals surface area (Å²) in [4.78, 5) is 28.0. The Morgan fingerprint density at radius 1 is 1.10 bits per heavy atom. The summed E-state index contributed by atoms with van der Waals surface area (Å²) in [7, 11) is 0. The molecule has 11 heteroatoms. The summed E-state index contributed by atoms with van der Waals surface area (Å²) >= 11 is 0. The molecule has 2 aliphatic rings. The fourth-order valence-electron chi connectivity index (χ4n) is 5.89. The first-order chi connectivity index (χ1) is 20.4. The van der Waals surface area contributed by atoms with E-state index in [0.29, 0.717) is 61.6 Å². The molecule has 0 atom stereocenters. The molecule has 1 N–H and O–H groups in total. The van der Waals surface area contributed by atoms with Gasteiger partial charge in [-0.25, -0.2) is 23.5 Å². The average Bonchev–Trinajstić information content (AvgIpc) is 3.38. The van der Waals surface area contributed by atoms with E-state index >= 15 is 0 Å². The number of hydrogen-bond acceptors (Lipinski definition) is 7. The Hall–Kier alpha value is -3.34. The molecule has 1 saturated carbocycles. The minimum absolute atomic E-state index is 0.175. The summed E-state index contributed by atoms with van der Waals surface area (Å²) in [6.07, 6.45) is 5.58. The molecule has 0 unspecified atom stereocenters. The highest BCUT2D eigenvalue weighted by atomic mass is 19.3. The van der Waals surface area contributed by atoms with E-state index in [2.05, 4.69) is 22.1 Å². The van der Waals surface area contributed by atoms with Crippen LogP contribution in [0.4, 0.5) is 19.5 Å². The van der Waals surface area contributed by atoms with Crippen molar-refractivity contribution in [3.63, 3.8) is 0 Å². The zero-order valence-electron chi connectivity index (χ0n) is 24.7. The summed E-state index contributed by atoms with van der Waals surface area (Å²) in [5.41, 5.74) is 2.93. The van der Waals surface area contributed by atoms with Gasteiger partial charge in [0.15, 0.2) is 5.82 Å². The SMILES string of the molecule is CCCCOC(=O)N[C@H]1CC[C@H](CCCc2cc(-n3c(C(F)F)nc4ccc(C)cc43)nc(N3CCOCC3)n2)CC1. The van der Waals surface area contributed by atoms with Crippen molar-refractivity contribution >= 4 is 23.1 Å². The summed E-state index contributed by atoms with van der Waals surface area (Å²) in [6.45, 7) is 6.93. The van der Waals surface area contributed by atoms with Gasteiger partial charge in [-0.1, -0.05) is 25.8 Å². The van der Waals surface area contributed by atoms with Gasteiger partial charge in [0.1, 0.15) is 5.82 Å². The highest BCUT2D eigenvalue weighted by Crippen LogP contribution is 2.31. The van der Waals surface area contributed by atoms with E-state index in [1.54, 1.807) is 6.07 Å². The van der Waals surface area contributed by atoms with Crippen LogP contribution >= 0.6 is 0 Å². The van der Waals surface area contributed by atoms with Crippen LogP contribution in [0.5, 0.6) is 0 Å². The number of aromatic nitrogens is 4. The number of nitrogens with zero attached hydrogens (tertiary/aromatic N) is 5. The maximum atomic E-state index is 14.2. The molecule has 0 radical (unpaired) electrons. The van der Waals surface area contributed by atoms with Crippen LogP contribution in [0.15, 0.2) is 24.3 Å². The molecule has 228 valence electrons. The number of fused-ring (bicyclic) bond motifs is 1. The van der Waals surface area contributed by atoms with Gasteiger partial charge in [-0.05, 0) is 75.5 Å². The first-order valence-electron chi connectivity index (χ1n) is 15.3. The molecule has 2 aromatic heterocycles. The highest BCUT2D eigenvalue weighted by molar-refractivity contribution is 5.79. The van der Waals surface area contributed by atoms with Crippen LogP contribution < -0.4 is 10.2 Å². The maximum absolute atomic E-state index is 14.2. The molecule has 1 aromatic carbocycles. The number of ether oxygens (including phenoxy) is 2. The van der Waals surface area contributed by atoms with E-state index in [4.69, 9.17) is 19.4 Å². The number of unbranched alkanes of at least 4 members (excludes halogenated alkanes) is 1. The lowest BCUT2D eigenvalue weighted by Crippen LogP contribution is -2.38. The minimum Gasteiger partial charge on any atom is -0.450 e. The molecule has 0 spiro atoms. The van der Waals surface area contributed by atoms with Gasteiger partial charge >= 0.3 is 6.09 Å². The molecule has 3 heterocycles. The number of morpholine rings is 1. The van der Waals surface area contributed by atoms with Crippen molar-refractivity contribution in [1.82, 2.24) is 24.8 Å². The maximum Gasteiger partial charge on any atom is 0.407 e. The fraction of sp³-hybridized carbons (Fsp3) is 0.613. The number of rotatable bonds is 11. The molecular weight excluding hydrogens is 542 g/mol. The highest BCUT2D eigenvalue weighted by Gasteiger charge is 2.25. The van der Waals surface area contributed by atoms with Crippen molar-refractivity contribution in [3.05, 3.63) is 41.3 Å². The summed E-state index contributed by atoms with van der Waals surface area (Å²) < 4.78 is 40.7. The van der Waals surface area contributed by atoms with Crippen molar-refractivity contribution in [2.24, 2.45) is 5.92 Å². The molecule has 1 amide bonds. The van der Waals surface area contributed by atoms with Crippen LogP contribution in [0.2, 0.25) is 0 Å². The number of carbonyl (C=O) groups excluding carboxylic acids is 1.